The van der Waals surface area contributed by atoms with Gasteiger partial charge >= 0.3 is 5.63 Å². The lowest BCUT2D eigenvalue weighted by atomic mass is 10.0. The summed E-state index contributed by atoms with van der Waals surface area (Å²) in [6.07, 6.45) is 3.38. The molecule has 1 aromatic heterocycles. The molecule has 0 bridgehead atoms. The van der Waals surface area contributed by atoms with Crippen molar-refractivity contribution in [3.63, 3.8) is 0 Å². The van der Waals surface area contributed by atoms with E-state index in [1.54, 1.807) is 12.1 Å². The van der Waals surface area contributed by atoms with Gasteiger partial charge in [0.05, 0.1) is 0 Å². The average Bonchev–Trinajstić information content (AvgIpc) is 2.60. The zero-order chi connectivity index (χ0) is 18.2. The summed E-state index contributed by atoms with van der Waals surface area (Å²) in [5.74, 6) is 0.256. The lowest BCUT2D eigenvalue weighted by Gasteiger charge is -2.12. The Morgan fingerprint density at radius 1 is 1.32 bits per heavy atom. The van der Waals surface area contributed by atoms with Crippen LogP contribution in [0.15, 0.2) is 27.4 Å². The predicted octanol–water partition coefficient (Wildman–Crippen LogP) is 2.32. The molecule has 0 aliphatic carbocycles. The largest absolute Gasteiger partial charge is 0.483 e. The van der Waals surface area contributed by atoms with Crippen LogP contribution in [0.1, 0.15) is 37.3 Å². The molecule has 0 radical (unpaired) electrons. The van der Waals surface area contributed by atoms with Gasteiger partial charge in [-0.25, -0.2) is 4.79 Å². The number of fused-ring (bicyclic) bond motifs is 1. The first kappa shape index (κ1) is 19.0. The number of hydrogen-bond acceptors (Lipinski definition) is 5. The summed E-state index contributed by atoms with van der Waals surface area (Å²) in [6.45, 7) is 4.23. The third-order valence-electron chi connectivity index (χ3n) is 4.01. The summed E-state index contributed by atoms with van der Waals surface area (Å²) < 4.78 is 10.9. The molecular formula is C19H25NO5. The van der Waals surface area contributed by atoms with Crippen LogP contribution < -0.4 is 15.7 Å². The molecule has 0 atom stereocenters. The first-order valence-corrected chi connectivity index (χ1v) is 8.63. The van der Waals surface area contributed by atoms with Crippen molar-refractivity contribution in [1.29, 1.82) is 0 Å². The lowest BCUT2D eigenvalue weighted by Crippen LogP contribution is -2.30. The fourth-order valence-corrected chi connectivity index (χ4v) is 2.64. The van der Waals surface area contributed by atoms with Gasteiger partial charge < -0.3 is 19.6 Å². The molecule has 136 valence electrons. The molecule has 0 aliphatic rings. The molecule has 0 spiro atoms. The van der Waals surface area contributed by atoms with Gasteiger partial charge in [-0.1, -0.05) is 13.3 Å². The van der Waals surface area contributed by atoms with Crippen LogP contribution in [0.5, 0.6) is 5.75 Å². The van der Waals surface area contributed by atoms with Gasteiger partial charge in [-0.3, -0.25) is 4.79 Å². The van der Waals surface area contributed by atoms with Gasteiger partial charge in [-0.05, 0) is 43.9 Å². The lowest BCUT2D eigenvalue weighted by molar-refractivity contribution is -0.123. The Kier molecular flexibility index (Phi) is 7.01. The summed E-state index contributed by atoms with van der Waals surface area (Å²) in [6, 6.07) is 5.22. The highest BCUT2D eigenvalue weighted by Crippen LogP contribution is 2.29. The minimum Gasteiger partial charge on any atom is -0.483 e. The van der Waals surface area contributed by atoms with Crippen molar-refractivity contribution in [1.82, 2.24) is 5.32 Å². The highest BCUT2D eigenvalue weighted by Gasteiger charge is 2.12. The number of nitrogens with one attached hydrogen (secondary N) is 1. The van der Waals surface area contributed by atoms with Gasteiger partial charge in [0.2, 0.25) is 0 Å². The molecule has 2 aromatic rings. The van der Waals surface area contributed by atoms with Gasteiger partial charge in [-0.15, -0.1) is 0 Å². The first-order valence-electron chi connectivity index (χ1n) is 8.63. The molecule has 0 fully saturated rings. The van der Waals surface area contributed by atoms with Gasteiger partial charge in [0, 0.05) is 30.2 Å². The quantitative estimate of drug-likeness (QED) is 0.537. The Hall–Kier alpha value is -2.34. The van der Waals surface area contributed by atoms with Crippen LogP contribution in [0.2, 0.25) is 0 Å². The highest BCUT2D eigenvalue weighted by molar-refractivity contribution is 5.85. The molecule has 6 nitrogen and oxygen atoms in total. The number of rotatable bonds is 9. The highest BCUT2D eigenvalue weighted by atomic mass is 16.5. The van der Waals surface area contributed by atoms with Crippen LogP contribution in [-0.2, 0) is 11.2 Å². The number of ether oxygens (including phenoxy) is 1. The minimum atomic E-state index is -0.374. The van der Waals surface area contributed by atoms with Gasteiger partial charge in [0.1, 0.15) is 11.3 Å². The third-order valence-corrected chi connectivity index (χ3v) is 4.01. The zero-order valence-corrected chi connectivity index (χ0v) is 14.8. The summed E-state index contributed by atoms with van der Waals surface area (Å²) in [4.78, 5) is 23.6. The second kappa shape index (κ2) is 9.22. The van der Waals surface area contributed by atoms with Crippen LogP contribution in [-0.4, -0.2) is 30.8 Å². The Labute approximate surface area is 146 Å². The van der Waals surface area contributed by atoms with Crippen molar-refractivity contribution >= 4 is 16.9 Å². The molecule has 2 rings (SSSR count). The molecule has 6 heteroatoms. The van der Waals surface area contributed by atoms with E-state index in [4.69, 9.17) is 14.3 Å². The van der Waals surface area contributed by atoms with Crippen molar-refractivity contribution in [2.75, 3.05) is 19.8 Å². The van der Waals surface area contributed by atoms with Gasteiger partial charge in [0.15, 0.2) is 6.61 Å². The van der Waals surface area contributed by atoms with Crippen LogP contribution in [0.3, 0.4) is 0 Å². The standard InChI is InChI=1S/C19H25NO5/c1-3-4-6-14-11-18(23)25-19-13(2)16(8-7-15(14)19)24-12-17(22)20-9-5-10-21/h7-8,11,21H,3-6,9-10,12H2,1-2H3,(H,20,22). The molecule has 0 aliphatic heterocycles. The van der Waals surface area contributed by atoms with E-state index in [0.29, 0.717) is 29.9 Å². The van der Waals surface area contributed by atoms with E-state index >= 15 is 0 Å². The Balaban J connectivity index is 2.18. The van der Waals surface area contributed by atoms with Crippen molar-refractivity contribution in [2.45, 2.75) is 39.5 Å². The molecular weight excluding hydrogens is 322 g/mol. The number of amides is 1. The fraction of sp³-hybridized carbons (Fsp3) is 0.474. The number of hydrogen-bond donors (Lipinski definition) is 2. The topological polar surface area (TPSA) is 88.8 Å². The Morgan fingerprint density at radius 2 is 2.12 bits per heavy atom. The Morgan fingerprint density at radius 3 is 2.84 bits per heavy atom. The summed E-state index contributed by atoms with van der Waals surface area (Å²) in [5.41, 5.74) is 1.82. The maximum absolute atomic E-state index is 11.9. The molecule has 2 N–H and O–H groups in total. The molecule has 0 saturated heterocycles. The molecule has 0 saturated carbocycles. The maximum Gasteiger partial charge on any atom is 0.336 e. The minimum absolute atomic E-state index is 0.0321. The second-order valence-electron chi connectivity index (χ2n) is 5.98. The van der Waals surface area contributed by atoms with E-state index in [9.17, 15) is 9.59 Å². The van der Waals surface area contributed by atoms with Crippen LogP contribution in [0.25, 0.3) is 11.0 Å². The van der Waals surface area contributed by atoms with Crippen molar-refractivity contribution in [3.05, 3.63) is 39.7 Å². The number of carbonyl (C=O) groups is 1. The van der Waals surface area contributed by atoms with E-state index < -0.39 is 0 Å². The van der Waals surface area contributed by atoms with E-state index in [1.807, 2.05) is 13.0 Å². The van der Waals surface area contributed by atoms with E-state index in [2.05, 4.69) is 12.2 Å². The summed E-state index contributed by atoms with van der Waals surface area (Å²) >= 11 is 0. The second-order valence-corrected chi connectivity index (χ2v) is 5.98. The van der Waals surface area contributed by atoms with Crippen molar-refractivity contribution < 1.29 is 19.1 Å². The number of carbonyl (C=O) groups excluding carboxylic acids is 1. The zero-order valence-electron chi connectivity index (χ0n) is 14.8. The first-order chi connectivity index (χ1) is 12.1. The number of benzene rings is 1. The van der Waals surface area contributed by atoms with E-state index in [0.717, 1.165) is 30.2 Å². The van der Waals surface area contributed by atoms with Crippen molar-refractivity contribution in [3.8, 4) is 5.75 Å². The van der Waals surface area contributed by atoms with Crippen molar-refractivity contribution in [2.24, 2.45) is 0 Å². The molecule has 0 unspecified atom stereocenters. The molecule has 1 amide bonds. The SMILES string of the molecule is CCCCc1cc(=O)oc2c(C)c(OCC(=O)NCCCO)ccc12. The fourth-order valence-electron chi connectivity index (χ4n) is 2.64. The maximum atomic E-state index is 11.9. The van der Waals surface area contributed by atoms with E-state index in [-0.39, 0.29) is 24.7 Å². The summed E-state index contributed by atoms with van der Waals surface area (Å²) in [5, 5.41) is 12.3. The van der Waals surface area contributed by atoms with Crippen LogP contribution in [0.4, 0.5) is 0 Å². The smallest absolute Gasteiger partial charge is 0.336 e. The molecule has 25 heavy (non-hydrogen) atoms. The third kappa shape index (κ3) is 5.06. The predicted molar refractivity (Wildman–Crippen MR) is 96.0 cm³/mol. The van der Waals surface area contributed by atoms with Gasteiger partial charge in [-0.2, -0.15) is 0 Å². The van der Waals surface area contributed by atoms with Gasteiger partial charge in [0.25, 0.3) is 5.91 Å². The molecule has 1 aromatic carbocycles. The van der Waals surface area contributed by atoms with Crippen LogP contribution in [0, 0.1) is 6.92 Å². The number of aryl methyl sites for hydroxylation is 2. The summed E-state index contributed by atoms with van der Waals surface area (Å²) in [7, 11) is 0. The number of aliphatic hydroxyl groups is 1. The normalized spacial score (nSPS) is 10.8. The van der Waals surface area contributed by atoms with Crippen LogP contribution >= 0.6 is 0 Å². The monoisotopic (exact) mass is 347 g/mol. The number of unbranched alkanes of at least 4 members (excludes halogenated alkanes) is 1. The van der Waals surface area contributed by atoms with E-state index in [1.165, 1.54) is 0 Å². The Bertz CT molecular complexity index is 781. The molecule has 1 heterocycles. The average molecular weight is 347 g/mol. The number of aliphatic hydroxyl groups excluding tert-OH is 1.